The Morgan fingerprint density at radius 3 is 2.48 bits per heavy atom. The van der Waals surface area contributed by atoms with Gasteiger partial charge in [0, 0.05) is 103 Å². The van der Waals surface area contributed by atoms with Gasteiger partial charge in [0.25, 0.3) is 6.01 Å². The molecule has 10 rings (SSSR count). The number of anilines is 3. The number of carbonyl (C=O) groups excluding carboxylic acids is 2. The zero-order valence-electron chi connectivity index (χ0n) is 51.3. The van der Waals surface area contributed by atoms with E-state index in [9.17, 15) is 4.79 Å². The maximum absolute atomic E-state index is 15.3. The summed E-state index contributed by atoms with van der Waals surface area (Å²) in [5, 5.41) is 8.44. The number of fused-ring (bicyclic) bond motifs is 3. The van der Waals surface area contributed by atoms with Crippen LogP contribution in [-0.2, 0) is 30.7 Å². The first kappa shape index (κ1) is 59.7. The number of nitrogen functional groups attached to an aromatic ring is 1. The molecule has 4 bridgehead atoms. The lowest BCUT2D eigenvalue weighted by molar-refractivity contribution is -0.118. The predicted molar refractivity (Wildman–Crippen MR) is 342 cm³/mol. The highest BCUT2D eigenvalue weighted by Gasteiger charge is 2.44. The maximum Gasteiger partial charge on any atom is 0.298 e. The summed E-state index contributed by atoms with van der Waals surface area (Å²) in [6.07, 6.45) is 21.4. The number of ether oxygens (including phenoxy) is 2. The third-order valence-corrected chi connectivity index (χ3v) is 19.3. The molecule has 0 spiro atoms. The Kier molecular flexibility index (Phi) is 17.8. The summed E-state index contributed by atoms with van der Waals surface area (Å²) in [5.74, 6) is 10.9. The number of imidazole rings is 1. The molecule has 1 saturated heterocycles. The van der Waals surface area contributed by atoms with E-state index in [2.05, 4.69) is 149 Å². The number of benzene rings is 4. The van der Waals surface area contributed by atoms with Crippen LogP contribution in [-0.4, -0.2) is 70.4 Å². The predicted octanol–water partition coefficient (Wildman–Crippen LogP) is 12.1. The summed E-state index contributed by atoms with van der Waals surface area (Å²) in [7, 11) is 0. The fourth-order valence-electron chi connectivity index (χ4n) is 13.8. The lowest BCUT2D eigenvalue weighted by Crippen LogP contribution is -2.47. The molecule has 7 N–H and O–H groups in total. The number of Topliss-reactive ketones (excluding diaryl/α,β-unsaturated/α-hetero) is 2. The minimum Gasteiger partial charge on any atom is -0.464 e. The van der Waals surface area contributed by atoms with E-state index in [0.29, 0.717) is 126 Å². The maximum atomic E-state index is 15.3. The molecule has 5 aromatic rings. The number of ketones is 2. The highest BCUT2D eigenvalue weighted by Crippen LogP contribution is 2.47. The van der Waals surface area contributed by atoms with Crippen LogP contribution in [0.15, 0.2) is 114 Å². The van der Waals surface area contributed by atoms with Crippen molar-refractivity contribution in [3.8, 4) is 17.5 Å². The molecule has 5 heterocycles. The third kappa shape index (κ3) is 12.8. The number of aromatic nitrogens is 2. The quantitative estimate of drug-likeness (QED) is 0.0548. The fourth-order valence-corrected chi connectivity index (χ4v) is 13.8. The second-order valence-electron chi connectivity index (χ2n) is 25.8. The summed E-state index contributed by atoms with van der Waals surface area (Å²) >= 11 is 0. The summed E-state index contributed by atoms with van der Waals surface area (Å²) in [4.78, 5) is 42.3. The number of hydrogen-bond acceptors (Lipinski definition) is 13. The molecule has 1 aliphatic carbocycles. The Balaban J connectivity index is 0.863. The highest BCUT2D eigenvalue weighted by molar-refractivity contribution is 6.16. The van der Waals surface area contributed by atoms with Gasteiger partial charge in [-0.2, -0.15) is 4.98 Å². The lowest BCUT2D eigenvalue weighted by atomic mass is 9.72. The zero-order valence-corrected chi connectivity index (χ0v) is 51.3. The topological polar surface area (TPSA) is 183 Å². The van der Waals surface area contributed by atoms with E-state index in [1.807, 2.05) is 23.0 Å². The second kappa shape index (κ2) is 25.0. The largest absolute Gasteiger partial charge is 0.464 e. The number of allylic oxidation sites excluding steroid dienone is 6. The first-order valence-electron chi connectivity index (χ1n) is 30.6. The first-order chi connectivity index (χ1) is 40.1. The van der Waals surface area contributed by atoms with Crippen molar-refractivity contribution in [2.24, 2.45) is 57.5 Å². The molecule has 1 aromatic heterocycles. The Labute approximate surface area is 497 Å². The first-order valence-corrected chi connectivity index (χ1v) is 30.6. The van der Waals surface area contributed by atoms with Crippen LogP contribution in [0.1, 0.15) is 125 Å². The number of hydrazine groups is 1. The summed E-state index contributed by atoms with van der Waals surface area (Å²) < 4.78 is 15.0. The van der Waals surface area contributed by atoms with Crippen LogP contribution in [0, 0.1) is 54.8 Å². The van der Waals surface area contributed by atoms with Gasteiger partial charge in [-0.05, 0) is 153 Å². The lowest BCUT2D eigenvalue weighted by Gasteiger charge is -2.36. The van der Waals surface area contributed by atoms with Gasteiger partial charge in [0.05, 0.1) is 25.0 Å². The molecule has 0 amide bonds. The number of carbonyl (C=O) groups is 2. The van der Waals surface area contributed by atoms with Gasteiger partial charge in [0.1, 0.15) is 22.6 Å². The van der Waals surface area contributed by atoms with Crippen molar-refractivity contribution >= 4 is 51.8 Å². The molecule has 7 atom stereocenters. The Morgan fingerprint density at radius 2 is 1.73 bits per heavy atom. The van der Waals surface area contributed by atoms with E-state index >= 15 is 4.79 Å². The SMILES string of the molecule is C=C1Nc2c3c(c4c5c(c(C)c(C)c4c2=C)C[C@](C)(C/C=C/CCC(CC(C)=O)[C@H](C)C(C)[C@H](C)CC(C)/C=C/C=C\1C)C5=O)=Nc1ccc(N2CCN(C/C(N)=C/N(N)Cc4ccc(CCC5COc6nc(N)cn6C5)cc4)CC2)cc1O3. The Morgan fingerprint density at radius 1 is 0.976 bits per heavy atom. The minimum atomic E-state index is -0.649. The van der Waals surface area contributed by atoms with Crippen LogP contribution in [0.25, 0.3) is 17.4 Å². The molecule has 5 aliphatic rings. The number of piperazine rings is 1. The zero-order chi connectivity index (χ0) is 59.7. The average molecular weight is 1140 g/mol. The van der Waals surface area contributed by atoms with Gasteiger partial charge in [-0.1, -0.05) is 102 Å². The number of nitrogens with zero attached hydrogens (tertiary/aromatic N) is 6. The Hall–Kier alpha value is -7.42. The molecule has 14 heteroatoms. The molecule has 0 saturated carbocycles. The molecule has 444 valence electrons. The van der Waals surface area contributed by atoms with E-state index in [1.165, 1.54) is 5.56 Å². The van der Waals surface area contributed by atoms with Crippen molar-refractivity contribution in [3.05, 3.63) is 153 Å². The third-order valence-electron chi connectivity index (χ3n) is 19.3. The summed E-state index contributed by atoms with van der Waals surface area (Å²) in [6.45, 7) is 34.8. The Bertz CT molecular complexity index is 3590. The number of aryl methyl sites for hydroxylation is 2. The van der Waals surface area contributed by atoms with Gasteiger partial charge in [-0.25, -0.2) is 10.8 Å². The van der Waals surface area contributed by atoms with E-state index < -0.39 is 5.41 Å². The van der Waals surface area contributed by atoms with Gasteiger partial charge in [0.2, 0.25) is 0 Å². The van der Waals surface area contributed by atoms with Gasteiger partial charge in [0.15, 0.2) is 17.3 Å². The molecule has 4 aromatic carbocycles. The molecule has 4 aliphatic heterocycles. The molecule has 0 radical (unpaired) electrons. The van der Waals surface area contributed by atoms with E-state index in [0.717, 1.165) is 120 Å². The molecular formula is C70H90N10O4. The average Bonchev–Trinajstić information content (AvgIpc) is 1.37. The van der Waals surface area contributed by atoms with Crippen LogP contribution in [0.5, 0.6) is 17.5 Å². The van der Waals surface area contributed by atoms with Crippen molar-refractivity contribution in [1.82, 2.24) is 19.5 Å². The van der Waals surface area contributed by atoms with E-state index in [4.69, 9.17) is 38.4 Å². The standard InChI is InChI=1S/C70H90N10O4/c1-42-16-15-17-43(2)51(10)74-65-50(9)62-49(8)48(7)58-35-70(11,27-14-12-13-18-55(33-45(4)81)47(6)46(5)44(3)32-42)68(82)63(58)64(62)66-67(65)84-60-34-57(25-26-59(60)75-66)78-30-28-77(29-31-78)38-56(71)39-80(73)37-53-22-19-52(20-23-53)21-24-54-36-79-40-61(72)76-69(79)83-41-54/h12,14-17,19-20,22-23,25-26,34,39-40,42,44,46-47,54-55,74H,9-10,13,18,21,24,27-33,35-38,41,71-73H2,1-8,11H3/b14-12+,16-15+,43-17-,56-39-/t42?,44-,46?,47-,54?,55?,70+/m1/s1. The number of rotatable bonds is 11. The number of nitrogens with two attached hydrogens (primary N) is 3. The van der Waals surface area contributed by atoms with Crippen LogP contribution in [0.4, 0.5) is 22.9 Å². The molecule has 1 fully saturated rings. The summed E-state index contributed by atoms with van der Waals surface area (Å²) in [6, 6.07) is 15.5. The molecule has 4 unspecified atom stereocenters. The minimum absolute atomic E-state index is 0.122. The van der Waals surface area contributed by atoms with Crippen molar-refractivity contribution in [2.45, 2.75) is 127 Å². The number of hydrogen-bond donors (Lipinski definition) is 4. The van der Waals surface area contributed by atoms with Crippen molar-refractivity contribution in [2.75, 3.05) is 55.3 Å². The van der Waals surface area contributed by atoms with Gasteiger partial charge in [-0.15, -0.1) is 0 Å². The van der Waals surface area contributed by atoms with Gasteiger partial charge in [-0.3, -0.25) is 14.3 Å². The van der Waals surface area contributed by atoms with E-state index in [-0.39, 0.29) is 11.6 Å². The monoisotopic (exact) mass is 1130 g/mol. The van der Waals surface area contributed by atoms with Crippen molar-refractivity contribution in [1.29, 1.82) is 0 Å². The summed E-state index contributed by atoms with van der Waals surface area (Å²) in [5.41, 5.74) is 23.1. The second-order valence-corrected chi connectivity index (χ2v) is 25.8. The van der Waals surface area contributed by atoms with Crippen molar-refractivity contribution in [3.63, 3.8) is 0 Å². The molecule has 14 nitrogen and oxygen atoms in total. The van der Waals surface area contributed by atoms with Gasteiger partial charge >= 0.3 is 0 Å². The normalized spacial score (nSPS) is 25.6. The van der Waals surface area contributed by atoms with Gasteiger partial charge < -0.3 is 41.0 Å². The van der Waals surface area contributed by atoms with Crippen LogP contribution in [0.2, 0.25) is 0 Å². The van der Waals surface area contributed by atoms with Crippen LogP contribution in [0.3, 0.4) is 0 Å². The van der Waals surface area contributed by atoms with Crippen LogP contribution >= 0.6 is 0 Å². The van der Waals surface area contributed by atoms with Crippen LogP contribution < -0.4 is 47.6 Å². The molecule has 84 heavy (non-hydrogen) atoms. The smallest absolute Gasteiger partial charge is 0.298 e. The fraction of sp³-hybridized carbons (Fsp3) is 0.457. The highest BCUT2D eigenvalue weighted by atomic mass is 16.5. The molecular weight excluding hydrogens is 1040 g/mol. The number of nitrogens with one attached hydrogen (secondary N) is 1. The van der Waals surface area contributed by atoms with Crippen molar-refractivity contribution < 1.29 is 19.1 Å². The van der Waals surface area contributed by atoms with E-state index in [1.54, 1.807) is 11.9 Å².